The fraction of sp³-hybridized carbons (Fsp3) is 0.269. The number of nitrogens with zero attached hydrogens (tertiary/aromatic N) is 1. The summed E-state index contributed by atoms with van der Waals surface area (Å²) in [4.78, 5) is 42.3. The van der Waals surface area contributed by atoms with Crippen molar-refractivity contribution in [2.45, 2.75) is 31.1 Å². The normalized spacial score (nSPS) is 23.7. The highest BCUT2D eigenvalue weighted by Gasteiger charge is 2.63. The van der Waals surface area contributed by atoms with Crippen molar-refractivity contribution in [2.75, 3.05) is 18.6 Å². The zero-order valence-electron chi connectivity index (χ0n) is 18.8. The molecule has 7 nitrogen and oxygen atoms in total. The number of rotatable bonds is 3. The first-order valence-electron chi connectivity index (χ1n) is 11.1. The largest absolute Gasteiger partial charge is 0.462 e. The summed E-state index contributed by atoms with van der Waals surface area (Å²) in [5, 5.41) is 0. The lowest BCUT2D eigenvalue weighted by Gasteiger charge is -2.40. The number of likely N-dealkylation sites (N-methyl/N-ethyl adjacent to an activating group) is 1. The van der Waals surface area contributed by atoms with E-state index in [0.717, 1.165) is 5.56 Å². The molecule has 8 heteroatoms. The van der Waals surface area contributed by atoms with Crippen molar-refractivity contribution in [3.8, 4) is 0 Å². The van der Waals surface area contributed by atoms with Gasteiger partial charge in [-0.25, -0.2) is 9.18 Å². The first kappa shape index (κ1) is 21.9. The van der Waals surface area contributed by atoms with E-state index in [2.05, 4.69) is 0 Å². The van der Waals surface area contributed by atoms with Gasteiger partial charge in [0.2, 0.25) is 11.8 Å². The molecule has 0 aromatic heterocycles. The number of fused-ring (bicyclic) bond motifs is 3. The van der Waals surface area contributed by atoms with E-state index in [1.54, 1.807) is 50.4 Å². The van der Waals surface area contributed by atoms with Crippen molar-refractivity contribution in [2.24, 2.45) is 5.73 Å². The standard InChI is InChI=1S/C26H23FN2O5/c1-3-33-24(31)22-23(28)34-20-13-15(14-8-10-16(27)11-9-14)12-19(30)21(20)26(22)17-6-4-5-7-18(17)29(2)25(26)32/h4-11,15H,3,12-13,28H2,1-2H3/t15-,26-/m0/s1. The Bertz CT molecular complexity index is 1300. The van der Waals surface area contributed by atoms with Crippen LogP contribution in [0.5, 0.6) is 0 Å². The predicted octanol–water partition coefficient (Wildman–Crippen LogP) is 3.20. The third-order valence-corrected chi connectivity index (χ3v) is 6.77. The van der Waals surface area contributed by atoms with Gasteiger partial charge in [-0.2, -0.15) is 0 Å². The van der Waals surface area contributed by atoms with Gasteiger partial charge in [-0.05, 0) is 36.6 Å². The van der Waals surface area contributed by atoms with Crippen LogP contribution in [0.4, 0.5) is 10.1 Å². The van der Waals surface area contributed by atoms with Crippen molar-refractivity contribution in [1.29, 1.82) is 0 Å². The Morgan fingerprint density at radius 1 is 1.18 bits per heavy atom. The lowest BCUT2D eigenvalue weighted by molar-refractivity contribution is -0.141. The maximum Gasteiger partial charge on any atom is 0.341 e. The number of carbonyl (C=O) groups is 3. The Morgan fingerprint density at radius 2 is 1.88 bits per heavy atom. The molecule has 1 spiro atoms. The molecule has 2 heterocycles. The maximum absolute atomic E-state index is 13.9. The van der Waals surface area contributed by atoms with Crippen LogP contribution in [0.15, 0.2) is 71.3 Å². The molecule has 0 fully saturated rings. The molecule has 5 rings (SSSR count). The first-order valence-corrected chi connectivity index (χ1v) is 11.1. The Morgan fingerprint density at radius 3 is 2.59 bits per heavy atom. The van der Waals surface area contributed by atoms with Crippen LogP contribution in [0, 0.1) is 5.82 Å². The molecule has 2 N–H and O–H groups in total. The average Bonchev–Trinajstić information content (AvgIpc) is 3.02. The van der Waals surface area contributed by atoms with Crippen LogP contribution in [0.2, 0.25) is 0 Å². The van der Waals surface area contributed by atoms with Gasteiger partial charge >= 0.3 is 5.97 Å². The number of allylic oxidation sites excluding steroid dienone is 1. The molecule has 1 aliphatic carbocycles. The van der Waals surface area contributed by atoms with Gasteiger partial charge in [0.1, 0.15) is 22.6 Å². The lowest BCUT2D eigenvalue weighted by Crippen LogP contribution is -2.51. The highest BCUT2D eigenvalue weighted by atomic mass is 19.1. The number of halogens is 1. The van der Waals surface area contributed by atoms with Crippen LogP contribution in [-0.4, -0.2) is 31.3 Å². The van der Waals surface area contributed by atoms with Gasteiger partial charge in [0.05, 0.1) is 12.2 Å². The third-order valence-electron chi connectivity index (χ3n) is 6.77. The molecule has 2 aromatic carbocycles. The Kier molecular flexibility index (Phi) is 5.04. The van der Waals surface area contributed by atoms with E-state index >= 15 is 0 Å². The minimum absolute atomic E-state index is 0.0594. The number of ether oxygens (including phenoxy) is 2. The van der Waals surface area contributed by atoms with Crippen molar-refractivity contribution in [3.63, 3.8) is 0 Å². The minimum Gasteiger partial charge on any atom is -0.462 e. The molecular weight excluding hydrogens is 439 g/mol. The quantitative estimate of drug-likeness (QED) is 0.704. The Hall–Kier alpha value is -3.94. The first-order chi connectivity index (χ1) is 16.3. The fourth-order valence-corrected chi connectivity index (χ4v) is 5.35. The van der Waals surface area contributed by atoms with Gasteiger partial charge in [-0.3, -0.25) is 9.59 Å². The molecule has 34 heavy (non-hydrogen) atoms. The highest BCUT2D eigenvalue weighted by molar-refractivity contribution is 6.23. The monoisotopic (exact) mass is 462 g/mol. The molecule has 0 bridgehead atoms. The van der Waals surface area contributed by atoms with Crippen LogP contribution in [0.25, 0.3) is 0 Å². The number of benzene rings is 2. The molecule has 0 saturated carbocycles. The van der Waals surface area contributed by atoms with Crippen LogP contribution in [0.1, 0.15) is 36.8 Å². The zero-order chi connectivity index (χ0) is 24.2. The number of nitrogens with two attached hydrogens (primary N) is 1. The van der Waals surface area contributed by atoms with Gasteiger partial charge in [-0.15, -0.1) is 0 Å². The number of anilines is 1. The smallest absolute Gasteiger partial charge is 0.341 e. The number of ketones is 1. The van der Waals surface area contributed by atoms with Gasteiger partial charge in [-0.1, -0.05) is 30.3 Å². The summed E-state index contributed by atoms with van der Waals surface area (Å²) in [7, 11) is 1.60. The predicted molar refractivity (Wildman–Crippen MR) is 121 cm³/mol. The third kappa shape index (κ3) is 2.91. The molecule has 0 radical (unpaired) electrons. The van der Waals surface area contributed by atoms with Crippen LogP contribution >= 0.6 is 0 Å². The summed E-state index contributed by atoms with van der Waals surface area (Å²) >= 11 is 0. The van der Waals surface area contributed by atoms with E-state index in [4.69, 9.17) is 15.2 Å². The molecule has 2 aromatic rings. The zero-order valence-corrected chi connectivity index (χ0v) is 18.8. The van der Waals surface area contributed by atoms with Gasteiger partial charge in [0, 0.05) is 31.1 Å². The summed E-state index contributed by atoms with van der Waals surface area (Å²) in [5.74, 6) is -2.28. The van der Waals surface area contributed by atoms with Crippen LogP contribution in [-0.2, 0) is 29.3 Å². The molecule has 0 unspecified atom stereocenters. The van der Waals surface area contributed by atoms with E-state index in [0.29, 0.717) is 11.3 Å². The summed E-state index contributed by atoms with van der Waals surface area (Å²) in [6, 6.07) is 12.9. The topological polar surface area (TPSA) is 98.9 Å². The van der Waals surface area contributed by atoms with E-state index in [1.165, 1.54) is 17.0 Å². The number of hydrogen-bond acceptors (Lipinski definition) is 6. The highest BCUT2D eigenvalue weighted by Crippen LogP contribution is 2.56. The molecule has 3 aliphatic rings. The Labute approximate surface area is 195 Å². The number of para-hydroxylation sites is 1. The summed E-state index contributed by atoms with van der Waals surface area (Å²) in [6.45, 7) is 1.70. The summed E-state index contributed by atoms with van der Waals surface area (Å²) in [5.41, 5.74) is 6.29. The summed E-state index contributed by atoms with van der Waals surface area (Å²) < 4.78 is 24.6. The molecule has 2 atom stereocenters. The number of amides is 1. The van der Waals surface area contributed by atoms with Crippen LogP contribution in [0.3, 0.4) is 0 Å². The number of hydrogen-bond donors (Lipinski definition) is 1. The van der Waals surface area contributed by atoms with Crippen molar-refractivity contribution in [1.82, 2.24) is 0 Å². The van der Waals surface area contributed by atoms with Crippen LogP contribution < -0.4 is 10.6 Å². The number of Topliss-reactive ketones (excluding diaryl/α,β-unsaturated/α-hetero) is 1. The summed E-state index contributed by atoms with van der Waals surface area (Å²) in [6.07, 6.45) is 0.342. The average molecular weight is 462 g/mol. The van der Waals surface area contributed by atoms with Crippen molar-refractivity contribution < 1.29 is 28.2 Å². The van der Waals surface area contributed by atoms with Gasteiger partial charge < -0.3 is 20.1 Å². The molecule has 1 amide bonds. The lowest BCUT2D eigenvalue weighted by atomic mass is 9.63. The molecule has 2 aliphatic heterocycles. The second-order valence-corrected chi connectivity index (χ2v) is 8.57. The molecular formula is C26H23FN2O5. The molecule has 174 valence electrons. The van der Waals surface area contributed by atoms with E-state index in [9.17, 15) is 18.8 Å². The van der Waals surface area contributed by atoms with E-state index < -0.39 is 17.3 Å². The van der Waals surface area contributed by atoms with E-state index in [-0.39, 0.29) is 59.8 Å². The maximum atomic E-state index is 13.9. The second kappa shape index (κ2) is 7.83. The fourth-order valence-electron chi connectivity index (χ4n) is 5.35. The minimum atomic E-state index is -1.75. The van der Waals surface area contributed by atoms with Crippen molar-refractivity contribution in [3.05, 3.63) is 88.3 Å². The van der Waals surface area contributed by atoms with Crippen molar-refractivity contribution >= 4 is 23.3 Å². The van der Waals surface area contributed by atoms with Gasteiger partial charge in [0.25, 0.3) is 0 Å². The van der Waals surface area contributed by atoms with E-state index in [1.807, 2.05) is 0 Å². The Balaban J connectivity index is 1.74. The number of esters is 1. The number of carbonyl (C=O) groups excluding carboxylic acids is 3. The SMILES string of the molecule is CCOC(=O)C1=C(N)OC2=C(C(=O)C[C@H](c3ccc(F)cc3)C2)[C@]12C(=O)N(C)c1ccccc12. The molecule has 0 saturated heterocycles. The van der Waals surface area contributed by atoms with Gasteiger partial charge in [0.15, 0.2) is 5.78 Å². The second-order valence-electron chi connectivity index (χ2n) is 8.57.